The van der Waals surface area contributed by atoms with Gasteiger partial charge in [0.2, 0.25) is 0 Å². The minimum atomic E-state index is 0.700. The smallest absolute Gasteiger partial charge is 0.0931 e. The first kappa shape index (κ1) is 12.4. The van der Waals surface area contributed by atoms with E-state index in [1.54, 1.807) is 11.3 Å². The zero-order chi connectivity index (χ0) is 11.5. The molecule has 3 heteroatoms. The Kier molecular flexibility index (Phi) is 4.28. The zero-order valence-corrected chi connectivity index (χ0v) is 11.6. The van der Waals surface area contributed by atoms with Crippen LogP contribution in [0.4, 0.5) is 0 Å². The number of hydrogen-bond donors (Lipinski definition) is 1. The van der Waals surface area contributed by atoms with E-state index in [-0.39, 0.29) is 0 Å². The molecule has 0 bridgehead atoms. The molecule has 2 rings (SSSR count). The van der Waals surface area contributed by atoms with Gasteiger partial charge in [-0.2, -0.15) is 0 Å². The second-order valence-electron chi connectivity index (χ2n) is 4.80. The van der Waals surface area contributed by atoms with E-state index in [0.29, 0.717) is 6.04 Å². The lowest BCUT2D eigenvalue weighted by Crippen LogP contribution is -2.31. The number of nitrogens with one attached hydrogen (secondary N) is 1. The maximum Gasteiger partial charge on any atom is 0.0931 e. The van der Waals surface area contributed by atoms with Crippen molar-refractivity contribution in [2.75, 3.05) is 0 Å². The van der Waals surface area contributed by atoms with Gasteiger partial charge in [-0.1, -0.05) is 31.9 Å². The molecule has 1 fully saturated rings. The van der Waals surface area contributed by atoms with Gasteiger partial charge in [0.1, 0.15) is 0 Å². The molecule has 0 aromatic carbocycles. The molecule has 1 N–H and O–H groups in total. The summed E-state index contributed by atoms with van der Waals surface area (Å²) in [5.41, 5.74) is 0. The van der Waals surface area contributed by atoms with E-state index in [4.69, 9.17) is 11.6 Å². The molecule has 0 aliphatic heterocycles. The topological polar surface area (TPSA) is 12.0 Å². The minimum absolute atomic E-state index is 0.700. The first-order chi connectivity index (χ1) is 7.70. The molecule has 0 spiro atoms. The fourth-order valence-corrected chi connectivity index (χ4v) is 3.83. The number of halogens is 1. The van der Waals surface area contributed by atoms with Crippen LogP contribution in [0.5, 0.6) is 0 Å². The summed E-state index contributed by atoms with van der Waals surface area (Å²) in [4.78, 5) is 1.34. The van der Waals surface area contributed by atoms with Crippen molar-refractivity contribution in [2.45, 2.75) is 45.7 Å². The van der Waals surface area contributed by atoms with Crippen LogP contribution in [0.15, 0.2) is 12.1 Å². The van der Waals surface area contributed by atoms with Crippen molar-refractivity contribution in [1.82, 2.24) is 5.32 Å². The molecular formula is C13H20ClNS. The zero-order valence-electron chi connectivity index (χ0n) is 10.0. The van der Waals surface area contributed by atoms with Crippen molar-refractivity contribution in [3.05, 3.63) is 21.3 Å². The monoisotopic (exact) mass is 257 g/mol. The summed E-state index contributed by atoms with van der Waals surface area (Å²) >= 11 is 7.60. The molecule has 1 saturated carbocycles. The lowest BCUT2D eigenvalue weighted by Gasteiger charge is -2.20. The minimum Gasteiger partial charge on any atom is -0.309 e. The molecule has 1 nitrogen and oxygen atoms in total. The van der Waals surface area contributed by atoms with E-state index in [1.165, 1.54) is 24.1 Å². The average molecular weight is 258 g/mol. The normalized spacial score (nSPS) is 29.8. The van der Waals surface area contributed by atoms with Crippen LogP contribution < -0.4 is 5.32 Å². The van der Waals surface area contributed by atoms with Gasteiger partial charge in [-0.15, -0.1) is 11.3 Å². The van der Waals surface area contributed by atoms with Gasteiger partial charge in [-0.3, -0.25) is 0 Å². The molecule has 90 valence electrons. The van der Waals surface area contributed by atoms with E-state index in [0.717, 1.165) is 22.7 Å². The molecule has 1 aliphatic carbocycles. The maximum atomic E-state index is 5.92. The Hall–Kier alpha value is -0.0500. The Balaban J connectivity index is 1.83. The third kappa shape index (κ3) is 2.79. The summed E-state index contributed by atoms with van der Waals surface area (Å²) in [6.45, 7) is 5.67. The molecule has 16 heavy (non-hydrogen) atoms. The molecule has 3 unspecified atom stereocenters. The second kappa shape index (κ2) is 5.52. The highest BCUT2D eigenvalue weighted by Crippen LogP contribution is 2.34. The first-order valence-corrected chi connectivity index (χ1v) is 7.37. The molecule has 1 aromatic heterocycles. The summed E-state index contributed by atoms with van der Waals surface area (Å²) in [6.07, 6.45) is 4.05. The summed E-state index contributed by atoms with van der Waals surface area (Å²) in [5.74, 6) is 1.74. The van der Waals surface area contributed by atoms with Gasteiger partial charge < -0.3 is 5.32 Å². The highest BCUT2D eigenvalue weighted by Gasteiger charge is 2.30. The lowest BCUT2D eigenvalue weighted by molar-refractivity contribution is 0.345. The highest BCUT2D eigenvalue weighted by atomic mass is 35.5. The van der Waals surface area contributed by atoms with E-state index < -0.39 is 0 Å². The summed E-state index contributed by atoms with van der Waals surface area (Å²) in [6, 6.07) is 4.80. The number of hydrogen-bond acceptors (Lipinski definition) is 2. The van der Waals surface area contributed by atoms with Gasteiger partial charge in [-0.05, 0) is 36.8 Å². The Labute approximate surface area is 107 Å². The van der Waals surface area contributed by atoms with Crippen molar-refractivity contribution in [2.24, 2.45) is 11.8 Å². The van der Waals surface area contributed by atoms with Crippen LogP contribution in [-0.2, 0) is 6.54 Å². The lowest BCUT2D eigenvalue weighted by atomic mass is 9.93. The van der Waals surface area contributed by atoms with Gasteiger partial charge in [0, 0.05) is 17.5 Å². The average Bonchev–Trinajstić information content (AvgIpc) is 2.83. The molecule has 0 amide bonds. The van der Waals surface area contributed by atoms with E-state index in [9.17, 15) is 0 Å². The molecule has 0 saturated heterocycles. The highest BCUT2D eigenvalue weighted by molar-refractivity contribution is 7.16. The van der Waals surface area contributed by atoms with Crippen molar-refractivity contribution < 1.29 is 0 Å². The third-order valence-electron chi connectivity index (χ3n) is 3.92. The quantitative estimate of drug-likeness (QED) is 0.847. The Morgan fingerprint density at radius 2 is 2.25 bits per heavy atom. The molecule has 1 aromatic rings. The van der Waals surface area contributed by atoms with E-state index in [2.05, 4.69) is 25.2 Å². The van der Waals surface area contributed by atoms with Gasteiger partial charge in [0.05, 0.1) is 4.34 Å². The van der Waals surface area contributed by atoms with Crippen molar-refractivity contribution in [1.29, 1.82) is 0 Å². The number of rotatable bonds is 4. The summed E-state index contributed by atoms with van der Waals surface area (Å²) < 4.78 is 0.891. The fraction of sp³-hybridized carbons (Fsp3) is 0.692. The van der Waals surface area contributed by atoms with E-state index >= 15 is 0 Å². The molecule has 1 heterocycles. The second-order valence-corrected chi connectivity index (χ2v) is 6.60. The maximum absolute atomic E-state index is 5.92. The van der Waals surface area contributed by atoms with Gasteiger partial charge in [0.25, 0.3) is 0 Å². The van der Waals surface area contributed by atoms with Crippen LogP contribution in [0.1, 0.15) is 38.0 Å². The van der Waals surface area contributed by atoms with Gasteiger partial charge in [-0.25, -0.2) is 0 Å². The van der Waals surface area contributed by atoms with Crippen LogP contribution >= 0.6 is 22.9 Å². The van der Waals surface area contributed by atoms with Crippen LogP contribution in [0.25, 0.3) is 0 Å². The Morgan fingerprint density at radius 1 is 1.44 bits per heavy atom. The van der Waals surface area contributed by atoms with Crippen molar-refractivity contribution >= 4 is 22.9 Å². The molecule has 3 atom stereocenters. The Morgan fingerprint density at radius 3 is 2.81 bits per heavy atom. The predicted molar refractivity (Wildman–Crippen MR) is 72.1 cm³/mol. The van der Waals surface area contributed by atoms with Crippen LogP contribution in [0.3, 0.4) is 0 Å². The first-order valence-electron chi connectivity index (χ1n) is 6.18. The van der Waals surface area contributed by atoms with Crippen LogP contribution in [-0.4, -0.2) is 6.04 Å². The van der Waals surface area contributed by atoms with E-state index in [1.807, 2.05) is 6.07 Å². The predicted octanol–water partition coefficient (Wildman–Crippen LogP) is 4.32. The van der Waals surface area contributed by atoms with Gasteiger partial charge in [0.15, 0.2) is 0 Å². The summed E-state index contributed by atoms with van der Waals surface area (Å²) in [5, 5.41) is 3.68. The molecular weight excluding hydrogens is 238 g/mol. The number of thiophene rings is 1. The van der Waals surface area contributed by atoms with Crippen molar-refractivity contribution in [3.8, 4) is 0 Å². The molecule has 0 radical (unpaired) electrons. The van der Waals surface area contributed by atoms with Gasteiger partial charge >= 0.3 is 0 Å². The van der Waals surface area contributed by atoms with Crippen molar-refractivity contribution in [3.63, 3.8) is 0 Å². The SMILES string of the molecule is CCC1CCC(NCc2ccc(Cl)s2)C1C. The van der Waals surface area contributed by atoms with Crippen LogP contribution in [0.2, 0.25) is 4.34 Å². The third-order valence-corrected chi connectivity index (χ3v) is 5.15. The fourth-order valence-electron chi connectivity index (χ4n) is 2.79. The molecule has 1 aliphatic rings. The summed E-state index contributed by atoms with van der Waals surface area (Å²) in [7, 11) is 0. The standard InChI is InChI=1S/C13H20ClNS/c1-3-10-4-6-12(9(10)2)15-8-11-5-7-13(14)16-11/h5,7,9-10,12,15H,3-4,6,8H2,1-2H3. The largest absolute Gasteiger partial charge is 0.309 e. The van der Waals surface area contributed by atoms with Crippen LogP contribution in [0, 0.1) is 11.8 Å². The Bertz CT molecular complexity index is 336.